The molecule has 16 nitrogen and oxygen atoms in total. The fourth-order valence-corrected chi connectivity index (χ4v) is 20.9. The number of carbonyl (C=O) groups excluding carboxylic acids is 4. The molecule has 4 aromatic heterocycles. The molecule has 0 saturated carbocycles. The van der Waals surface area contributed by atoms with Gasteiger partial charge in [-0.15, -0.1) is 45.3 Å². The number of hydrogen-bond acceptors (Lipinski definition) is 20. The van der Waals surface area contributed by atoms with Crippen molar-refractivity contribution in [2.24, 2.45) is 0 Å². The molecule has 23 heteroatoms. The molecule has 12 aromatic carbocycles. The van der Waals surface area contributed by atoms with Crippen molar-refractivity contribution in [3.05, 3.63) is 331 Å². The minimum absolute atomic E-state index is 0.00684. The first kappa shape index (κ1) is 88.0. The third-order valence-electron chi connectivity index (χ3n) is 23.2. The maximum absolute atomic E-state index is 13.5. The number of hydrogen-bond donors (Lipinski definition) is 4. The molecule has 0 spiro atoms. The largest absolute Gasteiger partial charge is 0.508 e. The number of ether oxygens (including phenoxy) is 4. The Balaban J connectivity index is 0.000000120. The summed E-state index contributed by atoms with van der Waals surface area (Å²) in [5.41, 5.74) is 9.29. The van der Waals surface area contributed by atoms with E-state index in [0.29, 0.717) is 78.2 Å². The highest BCUT2D eigenvalue weighted by atomic mass is 35.5. The number of aromatic hydroxyl groups is 4. The maximum Gasteiger partial charge on any atom is 0.205 e. The standard InChI is InChI=1S/C27H25NO3S.2C26H22ClNO3S.C26H22FNO3S/c29-21-10-13-23-24(18-21)32-27(26(30)20-6-2-1-3-7-20)25(23)19-8-11-22(12-9-19)31-17-5-16-28-14-4-15-28;27-19-6-2-18(3-7-19)25(30)26-24(22-11-8-20(29)16-23(22)32-26)17-4-9-21(10-5-17)31-15-14-28-12-1-13-28;27-22-5-2-1-4-20(22)25(30)26-24(21-11-8-18(29)16-23(21)32-26)17-6-9-19(10-7-17)31-15-14-28-12-3-13-28;27-19-6-2-18(3-7-19)25(30)26-24(22-11-8-20(29)16-23(22)32-26)17-4-9-21(10-5-17)31-15-14-28-12-1-13-28/h1-3,6-13,18,29H,4-5,14-17H2;2-11,16,29H,1,12-15H2;1-2,4-11,16,29H,3,12-15H2;2-11,16,29H,1,12-15H2. The Morgan fingerprint density at radius 2 is 0.602 bits per heavy atom. The Morgan fingerprint density at radius 1 is 0.312 bits per heavy atom. The highest BCUT2D eigenvalue weighted by molar-refractivity contribution is 7.23. The van der Waals surface area contributed by atoms with Crippen LogP contribution in [0.3, 0.4) is 0 Å². The zero-order chi connectivity index (χ0) is 88.2. The highest BCUT2D eigenvalue weighted by Gasteiger charge is 2.29. The summed E-state index contributed by atoms with van der Waals surface area (Å²) >= 11 is 17.8. The lowest BCUT2D eigenvalue weighted by Crippen LogP contribution is -2.39. The van der Waals surface area contributed by atoms with Gasteiger partial charge in [-0.2, -0.15) is 0 Å². The summed E-state index contributed by atoms with van der Waals surface area (Å²) in [4.78, 5) is 65.5. The highest BCUT2D eigenvalue weighted by Crippen LogP contribution is 2.47. The maximum atomic E-state index is 13.5. The average Bonchev–Trinajstić information content (AvgIpc) is 1.63. The number of fused-ring (bicyclic) bond motifs is 4. The third kappa shape index (κ3) is 20.9. The fraction of sp³-hybridized carbons (Fsp3) is 0.200. The van der Waals surface area contributed by atoms with E-state index in [0.717, 1.165) is 180 Å². The molecule has 128 heavy (non-hydrogen) atoms. The number of thiophene rings is 4. The molecule has 4 aliphatic heterocycles. The molecular weight excluding hydrogens is 1730 g/mol. The molecule has 20 rings (SSSR count). The Labute approximate surface area is 767 Å². The summed E-state index contributed by atoms with van der Waals surface area (Å²) in [5, 5.41) is 44.5. The molecule has 0 aliphatic carbocycles. The fourth-order valence-electron chi connectivity index (χ4n) is 15.7. The first-order valence-electron chi connectivity index (χ1n) is 42.8. The molecule has 0 amide bonds. The average molecular weight is 1820 g/mol. The van der Waals surface area contributed by atoms with Crippen LogP contribution in [0.25, 0.3) is 84.9 Å². The van der Waals surface area contributed by atoms with Crippen LogP contribution in [-0.4, -0.2) is 168 Å². The van der Waals surface area contributed by atoms with Crippen LogP contribution in [0.4, 0.5) is 4.39 Å². The topological polar surface area (TPSA) is 199 Å². The SMILES string of the molecule is O=C(c1ccc(Cl)cc1)c1sc2cc(O)ccc2c1-c1ccc(OCCN2CCC2)cc1.O=C(c1ccc(F)cc1)c1sc2cc(O)ccc2c1-c1ccc(OCCN2CCC2)cc1.O=C(c1ccccc1)c1sc2cc(O)ccc2c1-c1ccc(OCCCN2CCC2)cc1.O=C(c1ccccc1Cl)c1sc2cc(O)ccc2c1-c1ccc(OCCN2CCC2)cc1. The zero-order valence-corrected chi connectivity index (χ0v) is 74.7. The Bertz CT molecular complexity index is 6430. The van der Waals surface area contributed by atoms with Gasteiger partial charge in [-0.3, -0.25) is 33.9 Å². The van der Waals surface area contributed by atoms with Crippen LogP contribution in [0.1, 0.15) is 93.0 Å². The van der Waals surface area contributed by atoms with Crippen LogP contribution >= 0.6 is 68.5 Å². The summed E-state index contributed by atoms with van der Waals surface area (Å²) in [7, 11) is 0. The monoisotopic (exact) mass is 1820 g/mol. The molecule has 0 radical (unpaired) electrons. The van der Waals surface area contributed by atoms with Crippen molar-refractivity contribution in [1.82, 2.24) is 19.6 Å². The molecule has 0 atom stereocenters. The molecule has 8 heterocycles. The van der Waals surface area contributed by atoms with Crippen molar-refractivity contribution in [1.29, 1.82) is 0 Å². The van der Waals surface area contributed by atoms with E-state index in [2.05, 4.69) is 19.6 Å². The molecule has 648 valence electrons. The lowest BCUT2D eigenvalue weighted by atomic mass is 9.98. The number of phenols is 4. The minimum Gasteiger partial charge on any atom is -0.508 e. The van der Waals surface area contributed by atoms with E-state index < -0.39 is 0 Å². The molecule has 16 aromatic rings. The number of rotatable bonds is 29. The first-order chi connectivity index (χ1) is 62.4. The van der Waals surface area contributed by atoms with Crippen LogP contribution in [0.2, 0.25) is 10.0 Å². The van der Waals surface area contributed by atoms with Gasteiger partial charge in [-0.05, 0) is 289 Å². The number of carbonyl (C=O) groups is 4. The lowest BCUT2D eigenvalue weighted by molar-refractivity contribution is 0.103. The summed E-state index contributed by atoms with van der Waals surface area (Å²) in [6.07, 6.45) is 6.15. The predicted molar refractivity (Wildman–Crippen MR) is 516 cm³/mol. The Hall–Kier alpha value is -12.1. The number of benzene rings is 12. The van der Waals surface area contributed by atoms with Crippen molar-refractivity contribution >= 4 is 132 Å². The van der Waals surface area contributed by atoms with Crippen LogP contribution in [0.5, 0.6) is 46.0 Å². The van der Waals surface area contributed by atoms with Gasteiger partial charge in [-0.1, -0.05) is 114 Å². The summed E-state index contributed by atoms with van der Waals surface area (Å²) < 4.78 is 40.4. The van der Waals surface area contributed by atoms with Gasteiger partial charge < -0.3 is 44.3 Å². The van der Waals surface area contributed by atoms with Gasteiger partial charge in [0.1, 0.15) is 71.6 Å². The molecular formula is C105H91Cl2FN4O12S4. The molecule has 4 N–H and O–H groups in total. The normalized spacial score (nSPS) is 13.8. The lowest BCUT2D eigenvalue weighted by Gasteiger charge is -2.30. The number of phenolic OH excluding ortho intramolecular Hbond substituents is 4. The number of nitrogens with zero attached hydrogens (tertiary/aromatic N) is 4. The van der Waals surface area contributed by atoms with Crippen molar-refractivity contribution in [2.75, 3.05) is 105 Å². The van der Waals surface area contributed by atoms with E-state index in [1.54, 1.807) is 84.9 Å². The smallest absolute Gasteiger partial charge is 0.205 e. The van der Waals surface area contributed by atoms with Gasteiger partial charge in [-0.25, -0.2) is 4.39 Å². The molecule has 4 fully saturated rings. The van der Waals surface area contributed by atoms with Crippen molar-refractivity contribution in [2.45, 2.75) is 32.1 Å². The van der Waals surface area contributed by atoms with Gasteiger partial charge in [0.25, 0.3) is 0 Å². The van der Waals surface area contributed by atoms with Crippen molar-refractivity contribution in [3.63, 3.8) is 0 Å². The minimum atomic E-state index is -0.382. The number of likely N-dealkylation sites (tertiary alicyclic amines) is 4. The second-order valence-corrected chi connectivity index (χ2v) is 36.8. The van der Waals surface area contributed by atoms with Crippen molar-refractivity contribution in [3.8, 4) is 90.5 Å². The van der Waals surface area contributed by atoms with E-state index in [1.807, 2.05) is 164 Å². The molecule has 0 unspecified atom stereocenters. The summed E-state index contributed by atoms with van der Waals surface area (Å²) in [6, 6.07) is 81.2. The Kier molecular flexibility index (Phi) is 28.1. The zero-order valence-electron chi connectivity index (χ0n) is 69.9. The van der Waals surface area contributed by atoms with Gasteiger partial charge in [0.15, 0.2) is 0 Å². The van der Waals surface area contributed by atoms with Gasteiger partial charge in [0, 0.05) is 116 Å². The van der Waals surface area contributed by atoms with Gasteiger partial charge >= 0.3 is 0 Å². The number of ketones is 4. The number of halogens is 3. The van der Waals surface area contributed by atoms with Crippen LogP contribution < -0.4 is 18.9 Å². The molecule has 4 saturated heterocycles. The summed E-state index contributed by atoms with van der Waals surface area (Å²) in [5.74, 6) is 3.22. The third-order valence-corrected chi connectivity index (χ3v) is 28.4. The van der Waals surface area contributed by atoms with E-state index in [9.17, 15) is 44.0 Å². The molecule has 0 bridgehead atoms. The van der Waals surface area contributed by atoms with Crippen LogP contribution in [-0.2, 0) is 0 Å². The second-order valence-electron chi connectivity index (χ2n) is 31.7. The van der Waals surface area contributed by atoms with E-state index in [1.165, 1.54) is 108 Å². The summed E-state index contributed by atoms with van der Waals surface area (Å²) in [6.45, 7) is 15.9. The van der Waals surface area contributed by atoms with Crippen molar-refractivity contribution < 1.29 is 62.9 Å². The van der Waals surface area contributed by atoms with Crippen LogP contribution in [0, 0.1) is 5.82 Å². The Morgan fingerprint density at radius 3 is 0.922 bits per heavy atom. The quantitative estimate of drug-likeness (QED) is 0.0255. The van der Waals surface area contributed by atoms with Gasteiger partial charge in [0.2, 0.25) is 23.1 Å². The van der Waals surface area contributed by atoms with Gasteiger partial charge in [0.05, 0.1) is 31.1 Å². The predicted octanol–water partition coefficient (Wildman–Crippen LogP) is 24.2. The van der Waals surface area contributed by atoms with E-state index in [-0.39, 0.29) is 51.9 Å². The van der Waals surface area contributed by atoms with E-state index in [4.69, 9.17) is 42.1 Å². The van der Waals surface area contributed by atoms with E-state index >= 15 is 0 Å². The second kappa shape index (κ2) is 40.9. The molecule has 4 aliphatic rings. The van der Waals surface area contributed by atoms with Crippen LogP contribution in [0.15, 0.2) is 273 Å². The first-order valence-corrected chi connectivity index (χ1v) is 46.8.